The highest BCUT2D eigenvalue weighted by Gasteiger charge is 2.21. The van der Waals surface area contributed by atoms with E-state index >= 15 is 0 Å². The van der Waals surface area contributed by atoms with Gasteiger partial charge in [0.1, 0.15) is 41.6 Å². The Balaban J connectivity index is 1.79. The number of benzene rings is 3. The van der Waals surface area contributed by atoms with E-state index in [4.69, 9.17) is 33.7 Å². The number of hydrogen-bond donors (Lipinski definition) is 1. The third kappa shape index (κ3) is 6.02. The van der Waals surface area contributed by atoms with Gasteiger partial charge in [-0.15, -0.1) is 0 Å². The Kier molecular flexibility index (Phi) is 8.78. The fourth-order valence-electron chi connectivity index (χ4n) is 4.15. The molecule has 0 aliphatic heterocycles. The molecule has 4 aromatic rings. The predicted octanol–water partition coefficient (Wildman–Crippen LogP) is 7.12. The summed E-state index contributed by atoms with van der Waals surface area (Å²) in [6, 6.07) is 24.5. The molecule has 0 fully saturated rings. The van der Waals surface area contributed by atoms with Crippen LogP contribution in [-0.2, 0) is 6.61 Å². The van der Waals surface area contributed by atoms with E-state index in [0.717, 1.165) is 24.3 Å². The number of anilines is 2. The van der Waals surface area contributed by atoms with Gasteiger partial charge >= 0.3 is 0 Å². The van der Waals surface area contributed by atoms with Crippen molar-refractivity contribution in [3.8, 4) is 23.6 Å². The molecule has 0 amide bonds. The first-order chi connectivity index (χ1) is 18.9. The molecule has 0 aliphatic carbocycles. The van der Waals surface area contributed by atoms with Gasteiger partial charge in [0.15, 0.2) is 0 Å². The first kappa shape index (κ1) is 27.6. The van der Waals surface area contributed by atoms with E-state index in [1.807, 2.05) is 54.6 Å². The van der Waals surface area contributed by atoms with E-state index < -0.39 is 0 Å². The molecule has 9 heteroatoms. The smallest absolute Gasteiger partial charge is 0.145 e. The number of nitrogens with zero attached hydrogens (tertiary/aromatic N) is 5. The second-order valence-electron chi connectivity index (χ2n) is 8.56. The van der Waals surface area contributed by atoms with Crippen LogP contribution < -0.4 is 15.4 Å². The Hall–Kier alpha value is -4.43. The fraction of sp³-hybridized carbons (Fsp3) is 0.167. The molecule has 2 N–H and O–H groups in total. The summed E-state index contributed by atoms with van der Waals surface area (Å²) in [4.78, 5) is 2.19. The van der Waals surface area contributed by atoms with Crippen LogP contribution in [0.5, 0.6) is 5.75 Å². The van der Waals surface area contributed by atoms with Crippen molar-refractivity contribution >= 4 is 46.4 Å². The van der Waals surface area contributed by atoms with Crippen LogP contribution in [0.4, 0.5) is 11.5 Å². The Labute approximate surface area is 237 Å². The highest BCUT2D eigenvalue weighted by molar-refractivity contribution is 6.35. The van der Waals surface area contributed by atoms with Crippen LogP contribution in [0.15, 0.2) is 66.7 Å². The molecule has 0 unspecified atom stereocenters. The topological polar surface area (TPSA) is 104 Å². The Morgan fingerprint density at radius 1 is 1.05 bits per heavy atom. The van der Waals surface area contributed by atoms with E-state index in [0.29, 0.717) is 27.0 Å². The number of ether oxygens (including phenoxy) is 1. The van der Waals surface area contributed by atoms with Crippen LogP contribution in [0, 0.1) is 22.7 Å². The largest absolute Gasteiger partial charge is 0.488 e. The summed E-state index contributed by atoms with van der Waals surface area (Å²) in [6.07, 6.45) is 1.66. The van der Waals surface area contributed by atoms with Crippen molar-refractivity contribution in [2.45, 2.75) is 20.5 Å². The Morgan fingerprint density at radius 2 is 1.79 bits per heavy atom. The van der Waals surface area contributed by atoms with Gasteiger partial charge in [0.05, 0.1) is 11.3 Å². The van der Waals surface area contributed by atoms with Gasteiger partial charge in [-0.1, -0.05) is 47.5 Å². The van der Waals surface area contributed by atoms with Crippen LogP contribution in [0.25, 0.3) is 17.3 Å². The number of rotatable bonds is 9. The zero-order valence-corrected chi connectivity index (χ0v) is 23.0. The standard InChI is InChI=1S/C30H26Cl2N6O/c1-3-37(4-2)25-13-11-20(28(16-25)39-19-21-10-12-23(31)15-27(21)32)14-22(17-33)29-26(18-34)30(35)38(36-29)24-8-6-5-7-9-24/h5-16H,3-4,19,35H2,1-2H3/b22-14+. The molecule has 196 valence electrons. The van der Waals surface area contributed by atoms with Crippen LogP contribution in [0.2, 0.25) is 10.0 Å². The van der Waals surface area contributed by atoms with Gasteiger partial charge in [0, 0.05) is 46.0 Å². The summed E-state index contributed by atoms with van der Waals surface area (Å²) in [7, 11) is 0. The van der Waals surface area contributed by atoms with Crippen molar-refractivity contribution in [1.82, 2.24) is 9.78 Å². The summed E-state index contributed by atoms with van der Waals surface area (Å²) in [5.74, 6) is 0.706. The first-order valence-corrected chi connectivity index (χ1v) is 13.1. The average molecular weight is 557 g/mol. The lowest BCUT2D eigenvalue weighted by Crippen LogP contribution is -2.21. The quantitative estimate of drug-likeness (QED) is 0.220. The van der Waals surface area contributed by atoms with Crippen molar-refractivity contribution in [3.05, 3.63) is 99.2 Å². The molecule has 0 spiro atoms. The summed E-state index contributed by atoms with van der Waals surface area (Å²) < 4.78 is 7.70. The summed E-state index contributed by atoms with van der Waals surface area (Å²) >= 11 is 12.4. The normalized spacial score (nSPS) is 11.1. The van der Waals surface area contributed by atoms with Crippen molar-refractivity contribution in [3.63, 3.8) is 0 Å². The monoisotopic (exact) mass is 556 g/mol. The fourth-order valence-corrected chi connectivity index (χ4v) is 4.61. The van der Waals surface area contributed by atoms with Gasteiger partial charge in [-0.05, 0) is 56.3 Å². The van der Waals surface area contributed by atoms with Crippen LogP contribution >= 0.6 is 23.2 Å². The zero-order valence-electron chi connectivity index (χ0n) is 21.5. The highest BCUT2D eigenvalue weighted by atomic mass is 35.5. The minimum Gasteiger partial charge on any atom is -0.488 e. The maximum absolute atomic E-state index is 10.1. The van der Waals surface area contributed by atoms with Crippen molar-refractivity contribution < 1.29 is 4.74 Å². The maximum atomic E-state index is 10.1. The second-order valence-corrected chi connectivity index (χ2v) is 9.40. The number of nitrogens with two attached hydrogens (primary N) is 1. The number of aromatic nitrogens is 2. The van der Waals surface area contributed by atoms with E-state index in [2.05, 4.69) is 36.0 Å². The molecule has 0 atom stereocenters. The summed E-state index contributed by atoms with van der Waals surface area (Å²) in [5.41, 5.74) is 9.84. The van der Waals surface area contributed by atoms with Crippen LogP contribution in [0.1, 0.15) is 36.2 Å². The minimum atomic E-state index is 0.127. The first-order valence-electron chi connectivity index (χ1n) is 12.3. The summed E-state index contributed by atoms with van der Waals surface area (Å²) in [5, 5.41) is 25.5. The zero-order chi connectivity index (χ0) is 27.9. The number of hydrogen-bond acceptors (Lipinski definition) is 6. The molecule has 1 aromatic heterocycles. The molecule has 0 saturated carbocycles. The average Bonchev–Trinajstić information content (AvgIpc) is 3.28. The van der Waals surface area contributed by atoms with Crippen LogP contribution in [-0.4, -0.2) is 22.9 Å². The molecule has 0 aliphatic rings. The van der Waals surface area contributed by atoms with E-state index in [9.17, 15) is 10.5 Å². The Morgan fingerprint density at radius 3 is 2.44 bits per heavy atom. The van der Waals surface area contributed by atoms with Crippen molar-refractivity contribution in [2.24, 2.45) is 0 Å². The molecule has 39 heavy (non-hydrogen) atoms. The van der Waals surface area contributed by atoms with Crippen molar-refractivity contribution in [2.75, 3.05) is 23.7 Å². The van der Waals surface area contributed by atoms with Gasteiger partial charge in [-0.2, -0.15) is 15.6 Å². The number of nitrogen functional groups attached to an aromatic ring is 1. The van der Waals surface area contributed by atoms with E-state index in [1.165, 1.54) is 4.68 Å². The Bertz CT molecular complexity index is 1590. The molecule has 0 bridgehead atoms. The molecular weight excluding hydrogens is 531 g/mol. The van der Waals surface area contributed by atoms with Gasteiger partial charge in [-0.3, -0.25) is 0 Å². The number of halogens is 2. The summed E-state index contributed by atoms with van der Waals surface area (Å²) in [6.45, 7) is 5.99. The number of nitriles is 2. The number of allylic oxidation sites excluding steroid dienone is 1. The van der Waals surface area contributed by atoms with E-state index in [1.54, 1.807) is 18.2 Å². The van der Waals surface area contributed by atoms with Crippen molar-refractivity contribution in [1.29, 1.82) is 10.5 Å². The number of para-hydroxylation sites is 1. The second kappa shape index (κ2) is 12.4. The molecule has 0 saturated heterocycles. The molecule has 7 nitrogen and oxygen atoms in total. The highest BCUT2D eigenvalue weighted by Crippen LogP contribution is 2.33. The molecule has 3 aromatic carbocycles. The van der Waals surface area contributed by atoms with Gasteiger partial charge in [0.25, 0.3) is 0 Å². The molecular formula is C30H26Cl2N6O. The lowest BCUT2D eigenvalue weighted by Gasteiger charge is -2.22. The molecule has 4 rings (SSSR count). The predicted molar refractivity (Wildman–Crippen MR) is 157 cm³/mol. The lowest BCUT2D eigenvalue weighted by atomic mass is 10.0. The van der Waals surface area contributed by atoms with Gasteiger partial charge in [0.2, 0.25) is 0 Å². The maximum Gasteiger partial charge on any atom is 0.145 e. The third-order valence-corrected chi connectivity index (χ3v) is 6.82. The SMILES string of the molecule is CCN(CC)c1ccc(/C=C(\C#N)c2nn(-c3ccccc3)c(N)c2C#N)c(OCc2ccc(Cl)cc2Cl)c1. The van der Waals surface area contributed by atoms with Gasteiger partial charge in [-0.25, -0.2) is 4.68 Å². The molecule has 1 heterocycles. The van der Waals surface area contributed by atoms with Crippen LogP contribution in [0.3, 0.4) is 0 Å². The third-order valence-electron chi connectivity index (χ3n) is 6.23. The van der Waals surface area contributed by atoms with E-state index in [-0.39, 0.29) is 29.3 Å². The lowest BCUT2D eigenvalue weighted by molar-refractivity contribution is 0.305. The minimum absolute atomic E-state index is 0.127. The van der Waals surface area contributed by atoms with Gasteiger partial charge < -0.3 is 15.4 Å². The molecule has 0 radical (unpaired) electrons.